The second kappa shape index (κ2) is 6.18. The molecule has 2 aliphatic rings. The topological polar surface area (TPSA) is 86.4 Å². The molecule has 0 bridgehead atoms. The summed E-state index contributed by atoms with van der Waals surface area (Å²) in [6, 6.07) is 8.97. The number of aliphatic hydroxyl groups is 1. The summed E-state index contributed by atoms with van der Waals surface area (Å²) in [5.41, 5.74) is 0.298. The first-order valence-corrected chi connectivity index (χ1v) is 7.79. The second-order valence-corrected chi connectivity index (χ2v) is 6.36. The van der Waals surface area contributed by atoms with Crippen molar-refractivity contribution in [3.8, 4) is 16.9 Å². The Labute approximate surface area is 144 Å². The molecule has 3 rings (SSSR count). The minimum atomic E-state index is -0.696. The molecule has 0 amide bonds. The van der Waals surface area contributed by atoms with Crippen LogP contribution in [0, 0.1) is 0 Å². The van der Waals surface area contributed by atoms with E-state index in [2.05, 4.69) is 5.10 Å². The summed E-state index contributed by atoms with van der Waals surface area (Å²) >= 11 is 0. The maximum Gasteiger partial charge on any atom is 0.341 e. The monoisotopic (exact) mass is 341 g/mol. The van der Waals surface area contributed by atoms with Gasteiger partial charge in [-0.1, -0.05) is 18.2 Å². The molecule has 130 valence electrons. The van der Waals surface area contributed by atoms with Gasteiger partial charge in [0.1, 0.15) is 11.3 Å². The predicted octanol–water partition coefficient (Wildman–Crippen LogP) is 1.65. The second-order valence-electron chi connectivity index (χ2n) is 6.36. The number of benzene rings is 1. The van der Waals surface area contributed by atoms with Crippen LogP contribution in [-0.2, 0) is 10.3 Å². The quantitative estimate of drug-likeness (QED) is 0.729. The Balaban J connectivity index is 2.33. The fraction of sp³-hybridized carbons (Fsp3) is 0.278. The smallest absolute Gasteiger partial charge is 0.341 e. The number of nitrogens with zero attached hydrogens (tertiary/aromatic N) is 3. The molecule has 0 unspecified atom stereocenters. The van der Waals surface area contributed by atoms with Crippen molar-refractivity contribution in [2.24, 2.45) is 0 Å². The van der Waals surface area contributed by atoms with E-state index in [4.69, 9.17) is 4.74 Å². The van der Waals surface area contributed by atoms with Crippen LogP contribution in [0.1, 0.15) is 24.2 Å². The number of pyridine rings is 1. The number of esters is 1. The molecule has 0 saturated carbocycles. The number of fused-ring (bicyclic) bond motifs is 1. The van der Waals surface area contributed by atoms with E-state index < -0.39 is 11.5 Å². The molecular weight excluding hydrogens is 322 g/mol. The van der Waals surface area contributed by atoms with Crippen molar-refractivity contribution in [2.75, 3.05) is 13.7 Å². The van der Waals surface area contributed by atoms with Gasteiger partial charge >= 0.3 is 5.97 Å². The van der Waals surface area contributed by atoms with Crippen LogP contribution in [0.25, 0.3) is 16.9 Å². The Morgan fingerprint density at radius 2 is 1.92 bits per heavy atom. The number of aliphatic hydroxyl groups excluding tert-OH is 1. The number of ether oxygens (including phenoxy) is 1. The summed E-state index contributed by atoms with van der Waals surface area (Å²) in [4.78, 5) is 25.0. The Bertz CT molecular complexity index is 941. The highest BCUT2D eigenvalue weighted by Crippen LogP contribution is 2.26. The first-order valence-electron chi connectivity index (χ1n) is 7.79. The molecular formula is C18H19N3O4. The molecule has 7 heteroatoms. The molecule has 7 nitrogen and oxygen atoms in total. The molecule has 1 aromatic carbocycles. The van der Waals surface area contributed by atoms with Crippen molar-refractivity contribution in [3.05, 3.63) is 58.6 Å². The number of hydrogen-bond donors (Lipinski definition) is 1. The van der Waals surface area contributed by atoms with Crippen molar-refractivity contribution in [2.45, 2.75) is 19.4 Å². The van der Waals surface area contributed by atoms with Gasteiger partial charge in [0, 0.05) is 12.4 Å². The first-order chi connectivity index (χ1) is 11.9. The highest BCUT2D eigenvalue weighted by atomic mass is 16.5. The Kier molecular flexibility index (Phi) is 4.18. The summed E-state index contributed by atoms with van der Waals surface area (Å²) in [5.74, 6) is -0.592. The number of hydrogen-bond acceptors (Lipinski definition) is 5. The minimum absolute atomic E-state index is 0.162. The van der Waals surface area contributed by atoms with E-state index in [1.165, 1.54) is 11.8 Å². The largest absolute Gasteiger partial charge is 0.465 e. The summed E-state index contributed by atoms with van der Waals surface area (Å²) in [6.45, 7) is 3.43. The van der Waals surface area contributed by atoms with Gasteiger partial charge in [-0.3, -0.25) is 4.79 Å². The van der Waals surface area contributed by atoms with Gasteiger partial charge in [-0.15, -0.1) is 0 Å². The van der Waals surface area contributed by atoms with Crippen LogP contribution >= 0.6 is 0 Å². The molecule has 0 aromatic heterocycles. The van der Waals surface area contributed by atoms with Gasteiger partial charge in [0.2, 0.25) is 0 Å². The van der Waals surface area contributed by atoms with Crippen molar-refractivity contribution in [1.29, 1.82) is 0 Å². The van der Waals surface area contributed by atoms with Gasteiger partial charge in [-0.25, -0.2) is 4.79 Å². The molecule has 0 saturated heterocycles. The molecule has 2 heterocycles. The highest BCUT2D eigenvalue weighted by Gasteiger charge is 2.28. The Morgan fingerprint density at radius 3 is 2.52 bits per heavy atom. The summed E-state index contributed by atoms with van der Waals surface area (Å²) in [7, 11) is 1.27. The van der Waals surface area contributed by atoms with Gasteiger partial charge < -0.3 is 14.4 Å². The molecule has 0 fully saturated rings. The lowest BCUT2D eigenvalue weighted by Gasteiger charge is -2.27. The van der Waals surface area contributed by atoms with E-state index in [1.807, 2.05) is 6.07 Å². The fourth-order valence-corrected chi connectivity index (χ4v) is 2.54. The van der Waals surface area contributed by atoms with Crippen LogP contribution in [0.3, 0.4) is 0 Å². The zero-order valence-electron chi connectivity index (χ0n) is 14.3. The minimum Gasteiger partial charge on any atom is -0.465 e. The maximum atomic E-state index is 12.8. The molecule has 0 spiro atoms. The van der Waals surface area contributed by atoms with Crippen LogP contribution in [0.15, 0.2) is 47.5 Å². The van der Waals surface area contributed by atoms with Crippen LogP contribution in [0.2, 0.25) is 0 Å². The van der Waals surface area contributed by atoms with Gasteiger partial charge in [-0.05, 0) is 26.0 Å². The molecule has 0 radical (unpaired) electrons. The SMILES string of the molecule is COC(=O)c1cn(C(C)(C)CO)cc2c(=O)n(-c3ccccc3)nc1-2. The molecule has 0 aliphatic carbocycles. The number of rotatable bonds is 4. The summed E-state index contributed by atoms with van der Waals surface area (Å²) in [6.07, 6.45) is 3.15. The summed E-state index contributed by atoms with van der Waals surface area (Å²) < 4.78 is 7.73. The van der Waals surface area contributed by atoms with Gasteiger partial charge in [0.05, 0.1) is 30.5 Å². The average molecular weight is 341 g/mol. The van der Waals surface area contributed by atoms with E-state index in [0.717, 1.165) is 0 Å². The Morgan fingerprint density at radius 1 is 1.24 bits per heavy atom. The van der Waals surface area contributed by atoms with E-state index in [0.29, 0.717) is 5.69 Å². The highest BCUT2D eigenvalue weighted by molar-refractivity contribution is 5.96. The number of methoxy groups -OCH3 is 1. The first kappa shape index (κ1) is 16.9. The predicted molar refractivity (Wildman–Crippen MR) is 92.2 cm³/mol. The standard InChI is InChI=1S/C18H19N3O4/c1-18(2,11-22)20-9-13-15(14(10-20)17(24)25-3)19-21(16(13)23)12-7-5-4-6-8-12/h4-10,22H,11H2,1-3H3. The molecule has 0 atom stereocenters. The van der Waals surface area contributed by atoms with Gasteiger partial charge in [-0.2, -0.15) is 9.78 Å². The van der Waals surface area contributed by atoms with Gasteiger partial charge in [0.15, 0.2) is 0 Å². The molecule has 25 heavy (non-hydrogen) atoms. The van der Waals surface area contributed by atoms with E-state index in [9.17, 15) is 14.7 Å². The Hall–Kier alpha value is -2.93. The number of carbonyl (C=O) groups excluding carboxylic acids is 1. The van der Waals surface area contributed by atoms with Crippen LogP contribution < -0.4 is 5.56 Å². The number of para-hydroxylation sites is 1. The van der Waals surface area contributed by atoms with E-state index in [1.54, 1.807) is 55.1 Å². The molecule has 1 aromatic rings. The van der Waals surface area contributed by atoms with E-state index >= 15 is 0 Å². The summed E-state index contributed by atoms with van der Waals surface area (Å²) in [5, 5.41) is 14.0. The van der Waals surface area contributed by atoms with Crippen LogP contribution in [0.4, 0.5) is 0 Å². The molecule has 2 aliphatic heterocycles. The van der Waals surface area contributed by atoms with Crippen molar-refractivity contribution < 1.29 is 14.6 Å². The van der Waals surface area contributed by atoms with E-state index in [-0.39, 0.29) is 29.0 Å². The third kappa shape index (κ3) is 2.83. The van der Waals surface area contributed by atoms with Gasteiger partial charge in [0.25, 0.3) is 5.56 Å². The number of aromatic nitrogens is 3. The van der Waals surface area contributed by atoms with Crippen LogP contribution in [-0.4, -0.2) is 39.1 Å². The lowest BCUT2D eigenvalue weighted by Crippen LogP contribution is -2.31. The van der Waals surface area contributed by atoms with Crippen molar-refractivity contribution in [1.82, 2.24) is 14.3 Å². The zero-order chi connectivity index (χ0) is 18.2. The fourth-order valence-electron chi connectivity index (χ4n) is 2.54. The van der Waals surface area contributed by atoms with Crippen molar-refractivity contribution in [3.63, 3.8) is 0 Å². The lowest BCUT2D eigenvalue weighted by atomic mass is 10.0. The third-order valence-corrected chi connectivity index (χ3v) is 4.16. The number of carbonyl (C=O) groups is 1. The van der Waals surface area contributed by atoms with Crippen molar-refractivity contribution >= 4 is 5.97 Å². The third-order valence-electron chi connectivity index (χ3n) is 4.16. The lowest BCUT2D eigenvalue weighted by molar-refractivity contribution is 0.0599. The zero-order valence-corrected chi connectivity index (χ0v) is 14.3. The molecule has 1 N–H and O–H groups in total. The average Bonchev–Trinajstić information content (AvgIpc) is 2.98. The normalized spacial score (nSPS) is 11.7. The maximum absolute atomic E-state index is 12.8. The van der Waals surface area contributed by atoms with Crippen LogP contribution in [0.5, 0.6) is 0 Å².